The van der Waals surface area contributed by atoms with Gasteiger partial charge in [0.25, 0.3) is 0 Å². The predicted octanol–water partition coefficient (Wildman–Crippen LogP) is 14.9. The highest BCUT2D eigenvalue weighted by atomic mass is 16.3. The quantitative estimate of drug-likeness (QED) is 0.161. The summed E-state index contributed by atoms with van der Waals surface area (Å²) in [6, 6.07) is 76.3. The lowest BCUT2D eigenvalue weighted by atomic mass is 10.00. The van der Waals surface area contributed by atoms with Crippen molar-refractivity contribution in [3.63, 3.8) is 0 Å². The summed E-state index contributed by atoms with van der Waals surface area (Å²) in [6.07, 6.45) is 0. The Morgan fingerprint density at radius 2 is 0.774 bits per heavy atom. The van der Waals surface area contributed by atoms with Gasteiger partial charge in [0, 0.05) is 43.9 Å². The average molecular weight is 793 g/mol. The molecule has 0 radical (unpaired) electrons. The van der Waals surface area contributed by atoms with Crippen LogP contribution in [0.25, 0.3) is 117 Å². The lowest BCUT2D eigenvalue weighted by molar-refractivity contribution is 0.671. The summed E-state index contributed by atoms with van der Waals surface area (Å²) < 4.78 is 9.23. The summed E-state index contributed by atoms with van der Waals surface area (Å²) in [4.78, 5) is 15.2. The molecule has 0 unspecified atom stereocenters. The van der Waals surface area contributed by atoms with Crippen molar-refractivity contribution in [3.8, 4) is 73.2 Å². The third-order valence-electron chi connectivity index (χ3n) is 11.9. The van der Waals surface area contributed by atoms with Crippen LogP contribution in [-0.4, -0.2) is 19.5 Å². The molecule has 3 aromatic heterocycles. The Bertz CT molecular complexity index is 3590. The van der Waals surface area contributed by atoms with E-state index in [9.17, 15) is 0 Å². The highest BCUT2D eigenvalue weighted by Gasteiger charge is 2.21. The Morgan fingerprint density at radius 1 is 0.306 bits per heavy atom. The Kier molecular flexibility index (Phi) is 8.42. The third-order valence-corrected chi connectivity index (χ3v) is 11.9. The summed E-state index contributed by atoms with van der Waals surface area (Å²) in [7, 11) is 0. The lowest BCUT2D eigenvalue weighted by Crippen LogP contribution is -2.00. The van der Waals surface area contributed by atoms with E-state index in [4.69, 9.17) is 19.4 Å². The van der Waals surface area contributed by atoms with E-state index in [1.807, 2.05) is 42.5 Å². The maximum Gasteiger partial charge on any atom is 0.164 e. The molecule has 5 heteroatoms. The van der Waals surface area contributed by atoms with Crippen LogP contribution in [0.5, 0.6) is 0 Å². The van der Waals surface area contributed by atoms with Gasteiger partial charge in [-0.3, -0.25) is 0 Å². The van der Waals surface area contributed by atoms with E-state index >= 15 is 0 Å². The fraction of sp³-hybridized carbons (Fsp3) is 0. The fourth-order valence-corrected chi connectivity index (χ4v) is 8.79. The first kappa shape index (κ1) is 35.5. The van der Waals surface area contributed by atoms with Gasteiger partial charge in [0.1, 0.15) is 5.58 Å². The van der Waals surface area contributed by atoms with Crippen LogP contribution in [0.15, 0.2) is 223 Å². The van der Waals surface area contributed by atoms with E-state index in [0.717, 1.165) is 83.0 Å². The van der Waals surface area contributed by atoms with Crippen molar-refractivity contribution in [2.75, 3.05) is 0 Å². The molecule has 290 valence electrons. The van der Waals surface area contributed by atoms with Crippen molar-refractivity contribution in [2.45, 2.75) is 0 Å². The average Bonchev–Trinajstić information content (AvgIpc) is 3.90. The van der Waals surface area contributed by atoms with E-state index < -0.39 is 0 Å². The van der Waals surface area contributed by atoms with E-state index in [-0.39, 0.29) is 0 Å². The van der Waals surface area contributed by atoms with Crippen LogP contribution in [-0.2, 0) is 0 Å². The molecule has 0 saturated heterocycles. The number of fused-ring (bicyclic) bond motifs is 7. The van der Waals surface area contributed by atoms with Gasteiger partial charge < -0.3 is 8.98 Å². The second kappa shape index (κ2) is 14.7. The highest BCUT2D eigenvalue weighted by Crippen LogP contribution is 2.42. The summed E-state index contributed by atoms with van der Waals surface area (Å²) in [5.41, 5.74) is 14.6. The number of aromatic nitrogens is 4. The molecule has 0 atom stereocenters. The van der Waals surface area contributed by atoms with Crippen LogP contribution >= 0.6 is 0 Å². The van der Waals surface area contributed by atoms with Gasteiger partial charge in [0.2, 0.25) is 0 Å². The number of hydrogen-bond acceptors (Lipinski definition) is 4. The summed E-state index contributed by atoms with van der Waals surface area (Å²) in [5.74, 6) is 1.84. The molecular formula is C57H36N4O. The van der Waals surface area contributed by atoms with Gasteiger partial charge in [-0.2, -0.15) is 0 Å². The summed E-state index contributed by atoms with van der Waals surface area (Å²) in [5, 5.41) is 4.34. The smallest absolute Gasteiger partial charge is 0.164 e. The molecule has 0 aliphatic rings. The minimum absolute atomic E-state index is 0.598. The first-order valence-corrected chi connectivity index (χ1v) is 20.8. The molecule has 5 nitrogen and oxygen atoms in total. The van der Waals surface area contributed by atoms with E-state index in [0.29, 0.717) is 17.5 Å². The zero-order valence-electron chi connectivity index (χ0n) is 33.5. The molecule has 0 saturated carbocycles. The van der Waals surface area contributed by atoms with Crippen molar-refractivity contribution in [2.24, 2.45) is 0 Å². The number of furan rings is 1. The van der Waals surface area contributed by atoms with Crippen LogP contribution in [0.2, 0.25) is 0 Å². The van der Waals surface area contributed by atoms with Crippen LogP contribution in [0.4, 0.5) is 0 Å². The molecule has 0 aliphatic carbocycles. The number of nitrogens with zero attached hydrogens (tertiary/aromatic N) is 4. The molecule has 3 heterocycles. The van der Waals surface area contributed by atoms with Crippen molar-refractivity contribution < 1.29 is 4.42 Å². The molecule has 0 aliphatic heterocycles. The molecule has 12 aromatic rings. The summed E-state index contributed by atoms with van der Waals surface area (Å²) >= 11 is 0. The first-order valence-electron chi connectivity index (χ1n) is 20.8. The van der Waals surface area contributed by atoms with E-state index in [1.54, 1.807) is 0 Å². The van der Waals surface area contributed by atoms with Crippen molar-refractivity contribution in [3.05, 3.63) is 218 Å². The molecule has 0 amide bonds. The zero-order chi connectivity index (χ0) is 41.0. The summed E-state index contributed by atoms with van der Waals surface area (Å²) in [6.45, 7) is 0. The molecule has 0 bridgehead atoms. The van der Waals surface area contributed by atoms with Crippen LogP contribution < -0.4 is 0 Å². The minimum atomic E-state index is 0.598. The zero-order valence-corrected chi connectivity index (χ0v) is 33.5. The molecule has 62 heavy (non-hydrogen) atoms. The second-order valence-electron chi connectivity index (χ2n) is 15.6. The highest BCUT2D eigenvalue weighted by molar-refractivity contribution is 6.21. The number of rotatable bonds is 7. The van der Waals surface area contributed by atoms with Gasteiger partial charge in [-0.25, -0.2) is 15.0 Å². The Morgan fingerprint density at radius 3 is 1.42 bits per heavy atom. The lowest BCUT2D eigenvalue weighted by Gasteiger charge is -2.11. The molecule has 9 aromatic carbocycles. The van der Waals surface area contributed by atoms with Gasteiger partial charge in [0.15, 0.2) is 23.1 Å². The van der Waals surface area contributed by atoms with Crippen LogP contribution in [0.1, 0.15) is 0 Å². The van der Waals surface area contributed by atoms with Crippen LogP contribution in [0.3, 0.4) is 0 Å². The normalized spacial score (nSPS) is 11.5. The largest absolute Gasteiger partial charge is 0.454 e. The van der Waals surface area contributed by atoms with Crippen molar-refractivity contribution in [1.29, 1.82) is 0 Å². The van der Waals surface area contributed by atoms with Crippen molar-refractivity contribution >= 4 is 43.7 Å². The van der Waals surface area contributed by atoms with Gasteiger partial charge in [-0.05, 0) is 75.8 Å². The van der Waals surface area contributed by atoms with Gasteiger partial charge in [0.05, 0.1) is 11.0 Å². The topological polar surface area (TPSA) is 56.7 Å². The van der Waals surface area contributed by atoms with Gasteiger partial charge in [-0.15, -0.1) is 0 Å². The molecule has 0 spiro atoms. The predicted molar refractivity (Wildman–Crippen MR) is 254 cm³/mol. The maximum absolute atomic E-state index is 6.88. The molecular weight excluding hydrogens is 757 g/mol. The maximum atomic E-state index is 6.88. The van der Waals surface area contributed by atoms with E-state index in [1.165, 1.54) is 16.5 Å². The Labute approximate surface area is 357 Å². The monoisotopic (exact) mass is 792 g/mol. The second-order valence-corrected chi connectivity index (χ2v) is 15.6. The SMILES string of the molecule is c1ccc(-c2ccc(-c3cccc(-n4c5ccccc5c5ccc6c7cc(-c8nc(-c9ccccc9)nc(-c9ccc(-c%10ccccc%10)cc9)n8)ccc7oc6c54)c3)cc2)cc1. The van der Waals surface area contributed by atoms with E-state index in [2.05, 4.69) is 180 Å². The number of para-hydroxylation sites is 1. The Balaban J connectivity index is 0.987. The van der Waals surface area contributed by atoms with Crippen LogP contribution in [0, 0.1) is 0 Å². The fourth-order valence-electron chi connectivity index (χ4n) is 8.79. The van der Waals surface area contributed by atoms with Crippen molar-refractivity contribution in [1.82, 2.24) is 19.5 Å². The third kappa shape index (κ3) is 6.14. The number of benzene rings is 9. The van der Waals surface area contributed by atoms with Gasteiger partial charge in [-0.1, -0.05) is 176 Å². The molecule has 0 fully saturated rings. The minimum Gasteiger partial charge on any atom is -0.454 e. The first-order chi connectivity index (χ1) is 30.7. The molecule has 12 rings (SSSR count). The Hall–Kier alpha value is -8.41. The molecule has 0 N–H and O–H groups in total. The van der Waals surface area contributed by atoms with Gasteiger partial charge >= 0.3 is 0 Å². The standard InChI is InChI=1S/C57H36N4O/c1-4-13-37(14-5-1)39-23-25-41(26-24-39)44-19-12-20-46(35-44)61-51-22-11-10-21-47(51)48-32-33-49-50-36-45(31-34-52(50)62-54(49)53(48)61)57-59-55(42-17-8-3-9-18-42)58-56(60-57)43-29-27-40(28-30-43)38-15-6-2-7-16-38/h1-36H. The number of hydrogen-bond donors (Lipinski definition) is 0.